The molecule has 53 heavy (non-hydrogen) atoms. The van der Waals surface area contributed by atoms with Gasteiger partial charge in [0.15, 0.2) is 0 Å². The second kappa shape index (κ2) is 11.9. The van der Waals surface area contributed by atoms with Crippen LogP contribution in [-0.4, -0.2) is 0 Å². The molecule has 3 heteroatoms. The Bertz CT molecular complexity index is 3170. The predicted molar refractivity (Wildman–Crippen MR) is 227 cm³/mol. The first-order valence-electron chi connectivity index (χ1n) is 18.0. The van der Waals surface area contributed by atoms with E-state index in [9.17, 15) is 0 Å². The maximum atomic E-state index is 6.76. The van der Waals surface area contributed by atoms with Crippen molar-refractivity contribution >= 4 is 92.1 Å². The zero-order chi connectivity index (χ0) is 34.9. The van der Waals surface area contributed by atoms with Crippen LogP contribution in [0.5, 0.6) is 0 Å². The summed E-state index contributed by atoms with van der Waals surface area (Å²) in [7, 11) is 0. The number of anilines is 3. The number of fused-ring (bicyclic) bond motifs is 9. The maximum Gasteiger partial charge on any atom is 0.145 e. The molecule has 0 spiro atoms. The van der Waals surface area contributed by atoms with Crippen molar-refractivity contribution in [1.29, 1.82) is 0 Å². The molecule has 0 unspecified atom stereocenters. The molecule has 0 saturated carbocycles. The first kappa shape index (κ1) is 30.0. The van der Waals surface area contributed by atoms with Gasteiger partial charge in [0.05, 0.1) is 16.8 Å². The number of hydrogen-bond acceptors (Lipinski definition) is 3. The van der Waals surface area contributed by atoms with Crippen LogP contribution in [0, 0.1) is 0 Å². The molecule has 2 nitrogen and oxygen atoms in total. The summed E-state index contributed by atoms with van der Waals surface area (Å²) in [4.78, 5) is 2.43. The number of rotatable bonds is 5. The largest absolute Gasteiger partial charge is 0.455 e. The van der Waals surface area contributed by atoms with Crippen LogP contribution in [0.15, 0.2) is 192 Å². The topological polar surface area (TPSA) is 16.4 Å². The smallest absolute Gasteiger partial charge is 0.145 e. The summed E-state index contributed by atoms with van der Waals surface area (Å²) in [5, 5.41) is 9.72. The third kappa shape index (κ3) is 4.78. The lowest BCUT2D eigenvalue weighted by Crippen LogP contribution is -2.11. The van der Waals surface area contributed by atoms with Crippen molar-refractivity contribution in [1.82, 2.24) is 0 Å². The van der Waals surface area contributed by atoms with E-state index in [1.807, 2.05) is 11.3 Å². The second-order valence-electron chi connectivity index (χ2n) is 13.7. The zero-order valence-corrected chi connectivity index (χ0v) is 29.5. The molecule has 0 fully saturated rings. The van der Waals surface area contributed by atoms with Crippen LogP contribution in [-0.2, 0) is 0 Å². The summed E-state index contributed by atoms with van der Waals surface area (Å²) in [5.74, 6) is 0. The van der Waals surface area contributed by atoms with E-state index in [0.29, 0.717) is 0 Å². The van der Waals surface area contributed by atoms with Crippen LogP contribution in [0.3, 0.4) is 0 Å². The van der Waals surface area contributed by atoms with Crippen molar-refractivity contribution in [3.63, 3.8) is 0 Å². The lowest BCUT2D eigenvalue weighted by Gasteiger charge is -2.28. The van der Waals surface area contributed by atoms with Gasteiger partial charge in [-0.25, -0.2) is 0 Å². The Hall–Kier alpha value is -6.68. The van der Waals surface area contributed by atoms with Crippen LogP contribution in [0.25, 0.3) is 85.9 Å². The van der Waals surface area contributed by atoms with Gasteiger partial charge in [-0.2, -0.15) is 0 Å². The summed E-state index contributed by atoms with van der Waals surface area (Å²) in [6, 6.07) is 68.0. The van der Waals surface area contributed by atoms with Gasteiger partial charge in [0, 0.05) is 42.2 Å². The van der Waals surface area contributed by atoms with Gasteiger partial charge in [-0.05, 0) is 87.4 Å². The molecule has 0 aliphatic carbocycles. The SMILES string of the molecule is c1ccc(-c2ccc(N(c3ccc(-c4ccc5sc6ccccc6c5c4)cc3)c3cccc4c3ccc3ccccc34)c3c2oc2ccccc23)cc1. The molecule has 0 amide bonds. The van der Waals surface area contributed by atoms with Crippen molar-refractivity contribution in [2.45, 2.75) is 0 Å². The number of furan rings is 1. The summed E-state index contributed by atoms with van der Waals surface area (Å²) < 4.78 is 9.40. The Balaban J connectivity index is 1.15. The maximum absolute atomic E-state index is 6.76. The van der Waals surface area contributed by atoms with E-state index >= 15 is 0 Å². The highest BCUT2D eigenvalue weighted by Crippen LogP contribution is 2.48. The molecule has 11 aromatic rings. The van der Waals surface area contributed by atoms with Crippen LogP contribution < -0.4 is 4.90 Å². The normalized spacial score (nSPS) is 11.8. The molecule has 0 aliphatic rings. The number of benzene rings is 9. The van der Waals surface area contributed by atoms with Crippen molar-refractivity contribution < 1.29 is 4.42 Å². The Morgan fingerprint density at radius 3 is 2.00 bits per heavy atom. The quantitative estimate of drug-likeness (QED) is 0.167. The van der Waals surface area contributed by atoms with Gasteiger partial charge in [0.1, 0.15) is 11.2 Å². The van der Waals surface area contributed by atoms with Gasteiger partial charge in [-0.1, -0.05) is 133 Å². The molecule has 0 saturated heterocycles. The van der Waals surface area contributed by atoms with Crippen molar-refractivity contribution in [3.05, 3.63) is 188 Å². The lowest BCUT2D eigenvalue weighted by atomic mass is 9.97. The molecule has 0 radical (unpaired) electrons. The standard InChI is InChI=1S/C50H31NOS/c1-2-11-33(12-3-1)38-28-29-45(49-42-16-6-8-19-46(42)52-50(38)49)51(44-18-10-17-39-37-14-5-4-13-34(37)23-27-40(39)44)36-25-21-32(22-26-36)35-24-30-48-43(31-35)41-15-7-9-20-47(41)53-48/h1-31H. The van der Waals surface area contributed by atoms with E-state index in [0.717, 1.165) is 50.1 Å². The number of thiophene rings is 1. The van der Waals surface area contributed by atoms with Crippen molar-refractivity contribution in [3.8, 4) is 22.3 Å². The fraction of sp³-hybridized carbons (Fsp3) is 0. The summed E-state index contributed by atoms with van der Waals surface area (Å²) >= 11 is 1.86. The fourth-order valence-corrected chi connectivity index (χ4v) is 9.26. The summed E-state index contributed by atoms with van der Waals surface area (Å²) in [5.41, 5.74) is 9.65. The lowest BCUT2D eigenvalue weighted by molar-refractivity contribution is 0.670. The Morgan fingerprint density at radius 1 is 0.396 bits per heavy atom. The van der Waals surface area contributed by atoms with Gasteiger partial charge in [0.25, 0.3) is 0 Å². The van der Waals surface area contributed by atoms with E-state index in [4.69, 9.17) is 4.42 Å². The second-order valence-corrected chi connectivity index (χ2v) is 14.7. The molecule has 11 rings (SSSR count). The van der Waals surface area contributed by atoms with E-state index in [1.165, 1.54) is 52.8 Å². The van der Waals surface area contributed by atoms with Gasteiger partial charge in [0.2, 0.25) is 0 Å². The third-order valence-electron chi connectivity index (χ3n) is 10.7. The minimum atomic E-state index is 0.877. The molecule has 0 bridgehead atoms. The number of hydrogen-bond donors (Lipinski definition) is 0. The zero-order valence-electron chi connectivity index (χ0n) is 28.7. The van der Waals surface area contributed by atoms with Gasteiger partial charge >= 0.3 is 0 Å². The van der Waals surface area contributed by atoms with E-state index in [2.05, 4.69) is 193 Å². The van der Waals surface area contributed by atoms with Crippen LogP contribution >= 0.6 is 11.3 Å². The monoisotopic (exact) mass is 693 g/mol. The van der Waals surface area contributed by atoms with E-state index < -0.39 is 0 Å². The van der Waals surface area contributed by atoms with E-state index in [-0.39, 0.29) is 0 Å². The highest BCUT2D eigenvalue weighted by molar-refractivity contribution is 7.25. The molecule has 0 aliphatic heterocycles. The van der Waals surface area contributed by atoms with Crippen LogP contribution in [0.4, 0.5) is 17.1 Å². The highest BCUT2D eigenvalue weighted by atomic mass is 32.1. The molecular formula is C50H31NOS. The van der Waals surface area contributed by atoms with Gasteiger partial charge in [-0.3, -0.25) is 0 Å². The average molecular weight is 694 g/mol. The van der Waals surface area contributed by atoms with Gasteiger partial charge < -0.3 is 9.32 Å². The molecule has 9 aromatic carbocycles. The fourth-order valence-electron chi connectivity index (χ4n) is 8.18. The molecule has 248 valence electrons. The van der Waals surface area contributed by atoms with Crippen molar-refractivity contribution in [2.24, 2.45) is 0 Å². The van der Waals surface area contributed by atoms with Crippen LogP contribution in [0.2, 0.25) is 0 Å². The minimum absolute atomic E-state index is 0.877. The molecule has 2 heterocycles. The third-order valence-corrected chi connectivity index (χ3v) is 11.8. The number of para-hydroxylation sites is 1. The Labute approximate surface area is 310 Å². The number of nitrogens with zero attached hydrogens (tertiary/aromatic N) is 1. The highest BCUT2D eigenvalue weighted by Gasteiger charge is 2.23. The predicted octanol–water partition coefficient (Wildman–Crippen LogP) is 15.1. The summed E-state index contributed by atoms with van der Waals surface area (Å²) in [6.45, 7) is 0. The van der Waals surface area contributed by atoms with Gasteiger partial charge in [-0.15, -0.1) is 11.3 Å². The summed E-state index contributed by atoms with van der Waals surface area (Å²) in [6.07, 6.45) is 0. The first-order valence-corrected chi connectivity index (χ1v) is 18.8. The molecule has 0 atom stereocenters. The van der Waals surface area contributed by atoms with Crippen molar-refractivity contribution in [2.75, 3.05) is 4.90 Å². The average Bonchev–Trinajstić information content (AvgIpc) is 3.80. The van der Waals surface area contributed by atoms with Crippen LogP contribution in [0.1, 0.15) is 0 Å². The molecule has 2 aromatic heterocycles. The Morgan fingerprint density at radius 2 is 1.11 bits per heavy atom. The minimum Gasteiger partial charge on any atom is -0.455 e. The first-order chi connectivity index (χ1) is 26.3. The molecule has 0 N–H and O–H groups in total. The molecular weight excluding hydrogens is 663 g/mol. The van der Waals surface area contributed by atoms with E-state index in [1.54, 1.807) is 0 Å². The Kier molecular flexibility index (Phi) is 6.76.